The SMILES string of the molecule is Nc1nc2cc(F)c(Br)cc2n1CC1CCCS1(=O)=O. The zero-order valence-corrected chi connectivity index (χ0v) is 12.9. The van der Waals surface area contributed by atoms with Gasteiger partial charge in [-0.1, -0.05) is 0 Å². The fourth-order valence-electron chi connectivity index (χ4n) is 2.60. The van der Waals surface area contributed by atoms with Crippen molar-refractivity contribution >= 4 is 42.7 Å². The highest BCUT2D eigenvalue weighted by Crippen LogP contribution is 2.28. The van der Waals surface area contributed by atoms with Crippen LogP contribution in [0.1, 0.15) is 12.8 Å². The number of nitrogen functional groups attached to an aromatic ring is 1. The van der Waals surface area contributed by atoms with Crippen molar-refractivity contribution < 1.29 is 12.8 Å². The quantitative estimate of drug-likeness (QED) is 0.888. The van der Waals surface area contributed by atoms with Crippen LogP contribution in [0.25, 0.3) is 11.0 Å². The van der Waals surface area contributed by atoms with Gasteiger partial charge in [0.2, 0.25) is 5.95 Å². The molecule has 0 saturated carbocycles. The molecule has 2 aromatic rings. The molecule has 0 amide bonds. The van der Waals surface area contributed by atoms with Crippen LogP contribution in [-0.4, -0.2) is 29.0 Å². The third kappa shape index (κ3) is 2.20. The second-order valence-corrected chi connectivity index (χ2v) is 8.22. The largest absolute Gasteiger partial charge is 0.369 e. The van der Waals surface area contributed by atoms with Crippen LogP contribution in [0.5, 0.6) is 0 Å². The number of imidazole rings is 1. The van der Waals surface area contributed by atoms with Crippen molar-refractivity contribution in [2.45, 2.75) is 24.6 Å². The molecule has 1 aromatic heterocycles. The van der Waals surface area contributed by atoms with Gasteiger partial charge in [0.1, 0.15) is 5.82 Å². The minimum Gasteiger partial charge on any atom is -0.369 e. The van der Waals surface area contributed by atoms with Gasteiger partial charge < -0.3 is 10.3 Å². The third-order valence-electron chi connectivity index (χ3n) is 3.67. The van der Waals surface area contributed by atoms with Gasteiger partial charge in [-0.05, 0) is 34.8 Å². The molecular weight excluding hydrogens is 349 g/mol. The van der Waals surface area contributed by atoms with Crippen molar-refractivity contribution in [2.75, 3.05) is 11.5 Å². The monoisotopic (exact) mass is 361 g/mol. The molecule has 8 heteroatoms. The van der Waals surface area contributed by atoms with E-state index in [9.17, 15) is 12.8 Å². The number of sulfone groups is 1. The maximum atomic E-state index is 13.5. The van der Waals surface area contributed by atoms with Crippen molar-refractivity contribution in [1.82, 2.24) is 9.55 Å². The summed E-state index contributed by atoms with van der Waals surface area (Å²) in [5.74, 6) is 0.0120. The lowest BCUT2D eigenvalue weighted by Gasteiger charge is -2.12. The van der Waals surface area contributed by atoms with Crippen LogP contribution in [0.4, 0.5) is 10.3 Å². The van der Waals surface area contributed by atoms with Crippen LogP contribution in [0.3, 0.4) is 0 Å². The van der Waals surface area contributed by atoms with E-state index < -0.39 is 20.9 Å². The molecule has 3 rings (SSSR count). The fraction of sp³-hybridized carbons (Fsp3) is 0.417. The Morgan fingerprint density at radius 1 is 1.50 bits per heavy atom. The second-order valence-electron chi connectivity index (χ2n) is 4.97. The number of nitrogens with two attached hydrogens (primary N) is 1. The van der Waals surface area contributed by atoms with E-state index in [1.165, 1.54) is 6.07 Å². The second kappa shape index (κ2) is 4.70. The van der Waals surface area contributed by atoms with Gasteiger partial charge in [0.15, 0.2) is 9.84 Å². The Morgan fingerprint density at radius 2 is 2.25 bits per heavy atom. The average Bonchev–Trinajstić information content (AvgIpc) is 2.83. The van der Waals surface area contributed by atoms with E-state index in [2.05, 4.69) is 20.9 Å². The smallest absolute Gasteiger partial charge is 0.201 e. The van der Waals surface area contributed by atoms with Gasteiger partial charge >= 0.3 is 0 Å². The molecule has 1 aliphatic rings. The van der Waals surface area contributed by atoms with E-state index >= 15 is 0 Å². The Hall–Kier alpha value is -1.15. The number of nitrogens with zero attached hydrogens (tertiary/aromatic N) is 2. The molecule has 0 bridgehead atoms. The Balaban J connectivity index is 2.07. The summed E-state index contributed by atoms with van der Waals surface area (Å²) in [5, 5.41) is -0.439. The Morgan fingerprint density at radius 3 is 2.90 bits per heavy atom. The van der Waals surface area contributed by atoms with E-state index in [0.717, 1.165) is 0 Å². The van der Waals surface area contributed by atoms with Gasteiger partial charge in [-0.2, -0.15) is 0 Å². The van der Waals surface area contributed by atoms with Crippen LogP contribution in [0.15, 0.2) is 16.6 Å². The van der Waals surface area contributed by atoms with Gasteiger partial charge in [0.05, 0.1) is 26.5 Å². The summed E-state index contributed by atoms with van der Waals surface area (Å²) < 4.78 is 39.3. The molecule has 1 aliphatic heterocycles. The number of aromatic nitrogens is 2. The molecule has 108 valence electrons. The van der Waals surface area contributed by atoms with Crippen molar-refractivity contribution in [2.24, 2.45) is 0 Å². The molecule has 1 saturated heterocycles. The Bertz CT molecular complexity index is 788. The van der Waals surface area contributed by atoms with Gasteiger partial charge in [-0.25, -0.2) is 17.8 Å². The fourth-order valence-corrected chi connectivity index (χ4v) is 4.73. The van der Waals surface area contributed by atoms with E-state index in [-0.39, 0.29) is 18.2 Å². The molecule has 0 aliphatic carbocycles. The van der Waals surface area contributed by atoms with Crippen molar-refractivity contribution in [3.63, 3.8) is 0 Å². The molecule has 1 atom stereocenters. The highest BCUT2D eigenvalue weighted by molar-refractivity contribution is 9.10. The van der Waals surface area contributed by atoms with Gasteiger partial charge in [0, 0.05) is 12.6 Å². The first-order valence-corrected chi connectivity index (χ1v) is 8.71. The van der Waals surface area contributed by atoms with Crippen LogP contribution < -0.4 is 5.73 Å². The standard InChI is InChI=1S/C12H13BrFN3O2S/c13-8-4-11-10(5-9(8)14)16-12(15)17(11)6-7-2-1-3-20(7,18)19/h4-5,7H,1-3,6H2,(H2,15,16). The number of anilines is 1. The maximum absolute atomic E-state index is 13.5. The lowest BCUT2D eigenvalue weighted by Crippen LogP contribution is -2.23. The molecule has 1 fully saturated rings. The molecule has 5 nitrogen and oxygen atoms in total. The summed E-state index contributed by atoms with van der Waals surface area (Å²) in [6.07, 6.45) is 1.31. The molecule has 2 N–H and O–H groups in total. The van der Waals surface area contributed by atoms with Crippen molar-refractivity contribution in [3.05, 3.63) is 22.4 Å². The number of hydrogen-bond acceptors (Lipinski definition) is 4. The van der Waals surface area contributed by atoms with Crippen molar-refractivity contribution in [3.8, 4) is 0 Å². The molecule has 1 aromatic carbocycles. The minimum absolute atomic E-state index is 0.208. The number of hydrogen-bond donors (Lipinski definition) is 1. The van der Waals surface area contributed by atoms with Crippen molar-refractivity contribution in [1.29, 1.82) is 0 Å². The molecule has 0 radical (unpaired) electrons. The lowest BCUT2D eigenvalue weighted by molar-refractivity contribution is 0.571. The first kappa shape index (κ1) is 13.8. The zero-order valence-electron chi connectivity index (χ0n) is 10.5. The van der Waals surface area contributed by atoms with E-state index in [4.69, 9.17) is 5.73 Å². The predicted octanol–water partition coefficient (Wildman–Crippen LogP) is 2.10. The molecular formula is C12H13BrFN3O2S. The Labute approximate surface area is 124 Å². The van der Waals surface area contributed by atoms with Crippen LogP contribution in [0, 0.1) is 5.82 Å². The van der Waals surface area contributed by atoms with Gasteiger partial charge in [-0.3, -0.25) is 0 Å². The summed E-state index contributed by atoms with van der Waals surface area (Å²) in [6.45, 7) is 0.267. The first-order valence-electron chi connectivity index (χ1n) is 6.21. The summed E-state index contributed by atoms with van der Waals surface area (Å²) in [6, 6.07) is 2.87. The summed E-state index contributed by atoms with van der Waals surface area (Å²) in [7, 11) is -3.06. The van der Waals surface area contributed by atoms with Gasteiger partial charge in [-0.15, -0.1) is 0 Å². The highest BCUT2D eigenvalue weighted by atomic mass is 79.9. The topological polar surface area (TPSA) is 78.0 Å². The van der Waals surface area contributed by atoms with Crippen LogP contribution >= 0.6 is 15.9 Å². The van der Waals surface area contributed by atoms with Crippen LogP contribution in [0.2, 0.25) is 0 Å². The van der Waals surface area contributed by atoms with Crippen LogP contribution in [-0.2, 0) is 16.4 Å². The lowest BCUT2D eigenvalue weighted by atomic mass is 10.2. The van der Waals surface area contributed by atoms with E-state index in [1.54, 1.807) is 10.6 Å². The van der Waals surface area contributed by atoms with E-state index in [1.807, 2.05) is 0 Å². The Kier molecular flexibility index (Phi) is 3.24. The summed E-state index contributed by atoms with van der Waals surface area (Å²) >= 11 is 3.12. The number of halogens is 2. The summed E-state index contributed by atoms with van der Waals surface area (Å²) in [4.78, 5) is 4.09. The third-order valence-corrected chi connectivity index (χ3v) is 6.53. The molecule has 0 spiro atoms. The number of rotatable bonds is 2. The average molecular weight is 362 g/mol. The summed E-state index contributed by atoms with van der Waals surface area (Å²) in [5.41, 5.74) is 6.91. The first-order chi connectivity index (χ1) is 9.38. The minimum atomic E-state index is -3.06. The normalized spacial score (nSPS) is 21.6. The van der Waals surface area contributed by atoms with E-state index in [0.29, 0.717) is 28.3 Å². The zero-order chi connectivity index (χ0) is 14.5. The molecule has 2 heterocycles. The molecule has 20 heavy (non-hydrogen) atoms. The number of fused-ring (bicyclic) bond motifs is 1. The molecule has 1 unspecified atom stereocenters. The highest BCUT2D eigenvalue weighted by Gasteiger charge is 2.32. The number of benzene rings is 1. The van der Waals surface area contributed by atoms with Gasteiger partial charge in [0.25, 0.3) is 0 Å². The maximum Gasteiger partial charge on any atom is 0.201 e. The predicted molar refractivity (Wildman–Crippen MR) is 78.6 cm³/mol.